The summed E-state index contributed by atoms with van der Waals surface area (Å²) >= 11 is 0. The highest BCUT2D eigenvalue weighted by atomic mass is 16.3. The van der Waals surface area contributed by atoms with E-state index in [9.17, 15) is 9.90 Å². The van der Waals surface area contributed by atoms with Crippen LogP contribution in [0.25, 0.3) is 5.78 Å². The number of fused-ring (bicyclic) bond motifs is 1. The van der Waals surface area contributed by atoms with Gasteiger partial charge in [-0.15, -0.1) is 0 Å². The minimum Gasteiger partial charge on any atom is -0.858 e. The maximum atomic E-state index is 12.6. The lowest BCUT2D eigenvalue weighted by molar-refractivity contribution is -0.364. The van der Waals surface area contributed by atoms with E-state index in [-0.39, 0.29) is 18.2 Å². The number of rotatable bonds is 4. The Morgan fingerprint density at radius 2 is 2.07 bits per heavy atom. The summed E-state index contributed by atoms with van der Waals surface area (Å²) in [6.45, 7) is 4.68. The largest absolute Gasteiger partial charge is 0.858 e. The Hall–Kier alpha value is -3.23. The number of hydrogen-bond acceptors (Lipinski definition) is 6. The lowest BCUT2D eigenvalue weighted by Crippen LogP contribution is -2.50. The highest BCUT2D eigenvalue weighted by Gasteiger charge is 2.26. The summed E-state index contributed by atoms with van der Waals surface area (Å²) in [5.74, 6) is 1.17. The molecule has 3 aromatic rings. The molecule has 1 aliphatic rings. The normalized spacial score (nSPS) is 14.7. The zero-order valence-corrected chi connectivity index (χ0v) is 15.1. The van der Waals surface area contributed by atoms with Crippen molar-refractivity contribution in [1.82, 2.24) is 24.5 Å². The smallest absolute Gasteiger partial charge is 0.274 e. The number of carbonyl (C=O) groups excluding carboxylic acids is 1. The van der Waals surface area contributed by atoms with Gasteiger partial charge in [-0.2, -0.15) is 10.1 Å². The van der Waals surface area contributed by atoms with E-state index in [4.69, 9.17) is 0 Å². The van der Waals surface area contributed by atoms with Crippen molar-refractivity contribution in [2.75, 3.05) is 31.1 Å². The molecule has 0 bridgehead atoms. The van der Waals surface area contributed by atoms with Gasteiger partial charge in [-0.05, 0) is 30.9 Å². The number of piperazine rings is 1. The van der Waals surface area contributed by atoms with E-state index < -0.39 is 0 Å². The Balaban J connectivity index is 1.37. The van der Waals surface area contributed by atoms with E-state index in [1.54, 1.807) is 6.92 Å². The average molecular weight is 367 g/mol. The maximum Gasteiger partial charge on any atom is 0.274 e. The molecule has 0 aliphatic carbocycles. The lowest BCUT2D eigenvalue weighted by Gasteiger charge is -2.31. The highest BCUT2D eigenvalue weighted by Crippen LogP contribution is 2.20. The number of anilines is 1. The van der Waals surface area contributed by atoms with Gasteiger partial charge in [0.1, 0.15) is 19.4 Å². The van der Waals surface area contributed by atoms with E-state index >= 15 is 0 Å². The molecule has 4 heterocycles. The van der Waals surface area contributed by atoms with Gasteiger partial charge in [-0.25, -0.2) is 14.5 Å². The van der Waals surface area contributed by atoms with Gasteiger partial charge >= 0.3 is 0 Å². The van der Waals surface area contributed by atoms with Gasteiger partial charge in [0, 0.05) is 18.2 Å². The molecule has 0 atom stereocenters. The van der Waals surface area contributed by atoms with Crippen LogP contribution in [0.2, 0.25) is 0 Å². The first-order valence-corrected chi connectivity index (χ1v) is 8.99. The van der Waals surface area contributed by atoms with Gasteiger partial charge < -0.3 is 10.0 Å². The fraction of sp³-hybridized carbons (Fsp3) is 0.389. The molecule has 1 fully saturated rings. The molecule has 3 aromatic heterocycles. The maximum absolute atomic E-state index is 12.6. The van der Waals surface area contributed by atoms with E-state index in [0.717, 1.165) is 18.9 Å². The van der Waals surface area contributed by atoms with Crippen LogP contribution in [0.1, 0.15) is 17.7 Å². The van der Waals surface area contributed by atoms with Gasteiger partial charge in [-0.3, -0.25) is 9.69 Å². The van der Waals surface area contributed by atoms with Crippen molar-refractivity contribution < 1.29 is 14.9 Å². The zero-order valence-electron chi connectivity index (χ0n) is 15.1. The molecule has 9 nitrogen and oxygen atoms in total. The molecule has 1 N–H and O–H groups in total. The van der Waals surface area contributed by atoms with Crippen LogP contribution in [-0.2, 0) is 11.2 Å². The molecule has 1 saturated heterocycles. The number of nitrogens with zero attached hydrogens (tertiary/aromatic N) is 6. The van der Waals surface area contributed by atoms with E-state index in [1.807, 2.05) is 29.3 Å². The standard InChI is InChI=1S/C18H21N7O2/c1-13-14(17(27)25-18(22-13)20-12-21-25)5-6-16(26)24-10-8-23(9-11-24)15-4-2-3-7-19-15/h2-4,7,12,27H,5-6,8-11H2,1H3. The van der Waals surface area contributed by atoms with Gasteiger partial charge in [0.25, 0.3) is 11.6 Å². The Kier molecular flexibility index (Phi) is 4.57. The quantitative estimate of drug-likeness (QED) is 0.622. The number of nitrogens with one attached hydrogen (secondary N) is 1. The third-order valence-corrected chi connectivity index (χ3v) is 4.94. The van der Waals surface area contributed by atoms with Crippen molar-refractivity contribution in [2.24, 2.45) is 0 Å². The van der Waals surface area contributed by atoms with Gasteiger partial charge in [-0.1, -0.05) is 6.07 Å². The second kappa shape index (κ2) is 7.18. The molecule has 0 unspecified atom stereocenters. The third kappa shape index (κ3) is 3.40. The molecule has 9 heteroatoms. The van der Waals surface area contributed by atoms with Gasteiger partial charge in [0.05, 0.1) is 19.3 Å². The Morgan fingerprint density at radius 1 is 1.26 bits per heavy atom. The van der Waals surface area contributed by atoms with E-state index in [0.29, 0.717) is 36.5 Å². The Labute approximate surface area is 156 Å². The third-order valence-electron chi connectivity index (χ3n) is 4.94. The predicted octanol–water partition coefficient (Wildman–Crippen LogP) is -0.398. The minimum atomic E-state index is -0.243. The van der Waals surface area contributed by atoms with E-state index in [1.165, 1.54) is 10.8 Å². The predicted molar refractivity (Wildman–Crippen MR) is 95.1 cm³/mol. The number of pyridine rings is 1. The number of aromatic nitrogens is 5. The van der Waals surface area contributed by atoms with Crippen LogP contribution in [0.4, 0.5) is 5.82 Å². The molecule has 4 rings (SSSR count). The van der Waals surface area contributed by atoms with Crippen molar-refractivity contribution >= 4 is 17.5 Å². The first-order valence-electron chi connectivity index (χ1n) is 8.99. The number of aryl methyl sites for hydroxylation is 1. The molecule has 0 saturated carbocycles. The number of hydrogen-bond donors (Lipinski definition) is 0. The summed E-state index contributed by atoms with van der Waals surface area (Å²) in [7, 11) is 0. The Bertz CT molecular complexity index is 949. The van der Waals surface area contributed by atoms with Crippen LogP contribution < -0.4 is 15.0 Å². The van der Waals surface area contributed by atoms with Crippen molar-refractivity contribution in [3.8, 4) is 5.88 Å². The summed E-state index contributed by atoms with van der Waals surface area (Å²) in [5, 5.41) is 16.4. The minimum absolute atomic E-state index is 0.0594. The molecule has 27 heavy (non-hydrogen) atoms. The lowest BCUT2D eigenvalue weighted by atomic mass is 10.1. The zero-order chi connectivity index (χ0) is 18.8. The van der Waals surface area contributed by atoms with Crippen molar-refractivity contribution in [3.05, 3.63) is 42.0 Å². The van der Waals surface area contributed by atoms with Crippen LogP contribution in [0.15, 0.2) is 30.7 Å². The number of H-pyrrole nitrogens is 1. The van der Waals surface area contributed by atoms with Crippen LogP contribution in [0, 0.1) is 6.92 Å². The molecule has 0 aromatic carbocycles. The first kappa shape index (κ1) is 17.2. The number of carbonyl (C=O) groups is 1. The van der Waals surface area contributed by atoms with Gasteiger partial charge in [0.2, 0.25) is 5.91 Å². The monoisotopic (exact) mass is 367 g/mol. The van der Waals surface area contributed by atoms with Crippen molar-refractivity contribution in [2.45, 2.75) is 19.8 Å². The van der Waals surface area contributed by atoms with E-state index in [2.05, 4.69) is 25.0 Å². The van der Waals surface area contributed by atoms with Crippen LogP contribution >= 0.6 is 0 Å². The SMILES string of the molecule is Cc1nc2ncnn2c([O-])c1CCC(=O)N1CCN(c2cccc[nH+]2)CC1. The topological polar surface area (TPSA) is 104 Å². The van der Waals surface area contributed by atoms with Crippen molar-refractivity contribution in [3.63, 3.8) is 0 Å². The Morgan fingerprint density at radius 3 is 2.81 bits per heavy atom. The summed E-state index contributed by atoms with van der Waals surface area (Å²) in [6, 6.07) is 5.97. The molecule has 0 spiro atoms. The molecule has 140 valence electrons. The van der Waals surface area contributed by atoms with Crippen LogP contribution in [0.5, 0.6) is 5.88 Å². The van der Waals surface area contributed by atoms with Crippen molar-refractivity contribution in [1.29, 1.82) is 0 Å². The summed E-state index contributed by atoms with van der Waals surface area (Å²) < 4.78 is 1.18. The molecule has 0 radical (unpaired) electrons. The summed E-state index contributed by atoms with van der Waals surface area (Å²) in [6.07, 6.45) is 3.85. The van der Waals surface area contributed by atoms with Crippen LogP contribution in [-0.4, -0.2) is 56.6 Å². The van der Waals surface area contributed by atoms with Gasteiger partial charge in [0.15, 0.2) is 0 Å². The highest BCUT2D eigenvalue weighted by molar-refractivity contribution is 5.77. The fourth-order valence-electron chi connectivity index (χ4n) is 3.41. The number of aromatic amines is 1. The average Bonchev–Trinajstić information content (AvgIpc) is 3.17. The number of amides is 1. The second-order valence-corrected chi connectivity index (χ2v) is 6.57. The fourth-order valence-corrected chi connectivity index (χ4v) is 3.41. The summed E-state index contributed by atoms with van der Waals surface area (Å²) in [4.78, 5) is 28.1. The van der Waals surface area contributed by atoms with Crippen LogP contribution in [0.3, 0.4) is 0 Å². The molecule has 1 aliphatic heterocycles. The molecular weight excluding hydrogens is 346 g/mol. The summed E-state index contributed by atoms with van der Waals surface area (Å²) in [5.41, 5.74) is 1.14. The molecular formula is C18H21N7O2. The first-order chi connectivity index (χ1) is 13.1. The second-order valence-electron chi connectivity index (χ2n) is 6.57. The molecule has 1 amide bonds.